The van der Waals surface area contributed by atoms with Gasteiger partial charge in [0.15, 0.2) is 0 Å². The Morgan fingerprint density at radius 3 is 2.71 bits per heavy atom. The largest absolute Gasteiger partial charge is 0.365 e. The van der Waals surface area contributed by atoms with Gasteiger partial charge in [-0.15, -0.1) is 0 Å². The first kappa shape index (κ1) is 11.9. The first-order valence-electron chi connectivity index (χ1n) is 5.83. The molecule has 1 aliphatic heterocycles. The average molecular weight is 238 g/mol. The molecule has 0 radical (unpaired) electrons. The lowest BCUT2D eigenvalue weighted by molar-refractivity contribution is 0.671. The maximum absolute atomic E-state index is 12.0. The van der Waals surface area contributed by atoms with Crippen LogP contribution in [0.15, 0.2) is 15.8 Å². The molecular weight excluding hydrogens is 220 g/mol. The summed E-state index contributed by atoms with van der Waals surface area (Å²) < 4.78 is 2.61. The van der Waals surface area contributed by atoms with Crippen molar-refractivity contribution in [2.24, 2.45) is 14.1 Å². The van der Waals surface area contributed by atoms with Crippen molar-refractivity contribution in [1.29, 1.82) is 0 Å². The SMILES string of the molecule is Cn1cc(N2CCCNCC2)c(=O)n(C)c1=O. The topological polar surface area (TPSA) is 59.3 Å². The van der Waals surface area contributed by atoms with E-state index in [1.165, 1.54) is 11.6 Å². The summed E-state index contributed by atoms with van der Waals surface area (Å²) >= 11 is 0. The zero-order valence-corrected chi connectivity index (χ0v) is 10.3. The number of rotatable bonds is 1. The molecule has 1 aromatic rings. The van der Waals surface area contributed by atoms with Crippen LogP contribution in [0, 0.1) is 0 Å². The van der Waals surface area contributed by atoms with Crippen LogP contribution < -0.4 is 21.5 Å². The molecule has 1 aliphatic rings. The quantitative estimate of drug-likeness (QED) is 0.673. The highest BCUT2D eigenvalue weighted by molar-refractivity contribution is 5.42. The van der Waals surface area contributed by atoms with Crippen molar-refractivity contribution in [3.05, 3.63) is 27.0 Å². The summed E-state index contributed by atoms with van der Waals surface area (Å²) in [7, 11) is 3.19. The lowest BCUT2D eigenvalue weighted by atomic mass is 10.3. The minimum Gasteiger partial charge on any atom is -0.365 e. The van der Waals surface area contributed by atoms with E-state index >= 15 is 0 Å². The van der Waals surface area contributed by atoms with E-state index < -0.39 is 0 Å². The van der Waals surface area contributed by atoms with Crippen LogP contribution in [0.1, 0.15) is 6.42 Å². The molecule has 94 valence electrons. The van der Waals surface area contributed by atoms with E-state index in [1.54, 1.807) is 13.2 Å². The number of nitrogens with one attached hydrogen (secondary N) is 1. The average Bonchev–Trinajstić information content (AvgIpc) is 2.60. The van der Waals surface area contributed by atoms with Gasteiger partial charge in [0.05, 0.1) is 0 Å². The van der Waals surface area contributed by atoms with Crippen molar-refractivity contribution in [2.45, 2.75) is 6.42 Å². The van der Waals surface area contributed by atoms with Crippen LogP contribution in [-0.2, 0) is 14.1 Å². The van der Waals surface area contributed by atoms with Gasteiger partial charge in [0, 0.05) is 39.9 Å². The molecule has 6 heteroatoms. The molecule has 6 nitrogen and oxygen atoms in total. The minimum atomic E-state index is -0.285. The highest BCUT2D eigenvalue weighted by Crippen LogP contribution is 2.07. The summed E-state index contributed by atoms with van der Waals surface area (Å²) in [4.78, 5) is 25.7. The van der Waals surface area contributed by atoms with Gasteiger partial charge >= 0.3 is 5.69 Å². The van der Waals surface area contributed by atoms with Crippen LogP contribution in [-0.4, -0.2) is 35.3 Å². The van der Waals surface area contributed by atoms with Gasteiger partial charge in [-0.05, 0) is 13.0 Å². The first-order chi connectivity index (χ1) is 8.11. The molecule has 0 atom stereocenters. The van der Waals surface area contributed by atoms with Crippen molar-refractivity contribution in [2.75, 3.05) is 31.1 Å². The van der Waals surface area contributed by atoms with Crippen LogP contribution in [0.25, 0.3) is 0 Å². The Morgan fingerprint density at radius 2 is 1.94 bits per heavy atom. The van der Waals surface area contributed by atoms with Gasteiger partial charge in [-0.25, -0.2) is 4.79 Å². The summed E-state index contributed by atoms with van der Waals surface area (Å²) in [6.45, 7) is 3.49. The predicted octanol–water partition coefficient (Wildman–Crippen LogP) is -1.12. The first-order valence-corrected chi connectivity index (χ1v) is 5.83. The summed E-state index contributed by atoms with van der Waals surface area (Å²) in [6.07, 6.45) is 2.64. The van der Waals surface area contributed by atoms with Gasteiger partial charge in [0.1, 0.15) is 5.69 Å². The Bertz CT molecular complexity index is 509. The molecule has 1 saturated heterocycles. The van der Waals surface area contributed by atoms with E-state index in [4.69, 9.17) is 0 Å². The molecule has 1 aromatic heterocycles. The standard InChI is InChI=1S/C11H18N4O2/c1-13-8-9(10(16)14(2)11(13)17)15-6-3-4-12-5-7-15/h8,12H,3-7H2,1-2H3. The van der Waals surface area contributed by atoms with E-state index in [9.17, 15) is 9.59 Å². The predicted molar refractivity (Wildman–Crippen MR) is 66.6 cm³/mol. The fraction of sp³-hybridized carbons (Fsp3) is 0.636. The van der Waals surface area contributed by atoms with Gasteiger partial charge in [-0.2, -0.15) is 0 Å². The fourth-order valence-electron chi connectivity index (χ4n) is 2.09. The van der Waals surface area contributed by atoms with E-state index in [0.29, 0.717) is 5.69 Å². The molecule has 2 heterocycles. The Morgan fingerprint density at radius 1 is 1.18 bits per heavy atom. The summed E-state index contributed by atoms with van der Waals surface area (Å²) in [5.74, 6) is 0. The normalized spacial score (nSPS) is 16.9. The zero-order chi connectivity index (χ0) is 12.4. The Hall–Kier alpha value is -1.56. The number of anilines is 1. The molecule has 0 spiro atoms. The van der Waals surface area contributed by atoms with E-state index in [0.717, 1.165) is 37.2 Å². The van der Waals surface area contributed by atoms with Crippen molar-refractivity contribution in [1.82, 2.24) is 14.5 Å². The Kier molecular flexibility index (Phi) is 3.33. The third kappa shape index (κ3) is 2.26. The van der Waals surface area contributed by atoms with Gasteiger partial charge in [0.25, 0.3) is 5.56 Å². The second kappa shape index (κ2) is 4.75. The number of aromatic nitrogens is 2. The molecular formula is C11H18N4O2. The molecule has 0 bridgehead atoms. The van der Waals surface area contributed by atoms with Crippen molar-refractivity contribution in [3.8, 4) is 0 Å². The zero-order valence-electron chi connectivity index (χ0n) is 10.3. The number of nitrogens with zero attached hydrogens (tertiary/aromatic N) is 3. The van der Waals surface area contributed by atoms with Crippen LogP contribution in [0.2, 0.25) is 0 Å². The summed E-state index contributed by atoms with van der Waals surface area (Å²) in [5, 5.41) is 3.29. The molecule has 0 unspecified atom stereocenters. The fourth-order valence-corrected chi connectivity index (χ4v) is 2.09. The Labute approximate surface area is 99.5 Å². The molecule has 0 aromatic carbocycles. The molecule has 17 heavy (non-hydrogen) atoms. The van der Waals surface area contributed by atoms with E-state index in [-0.39, 0.29) is 11.2 Å². The smallest absolute Gasteiger partial charge is 0.330 e. The molecule has 0 saturated carbocycles. The second-order valence-corrected chi connectivity index (χ2v) is 4.36. The van der Waals surface area contributed by atoms with E-state index in [2.05, 4.69) is 5.32 Å². The van der Waals surface area contributed by atoms with Crippen molar-refractivity contribution >= 4 is 5.69 Å². The third-order valence-corrected chi connectivity index (χ3v) is 3.11. The third-order valence-electron chi connectivity index (χ3n) is 3.11. The van der Waals surface area contributed by atoms with Gasteiger partial charge in [-0.1, -0.05) is 0 Å². The van der Waals surface area contributed by atoms with Gasteiger partial charge < -0.3 is 14.8 Å². The minimum absolute atomic E-state index is 0.213. The summed E-state index contributed by atoms with van der Waals surface area (Å²) in [5.41, 5.74) is 0.111. The van der Waals surface area contributed by atoms with Crippen LogP contribution >= 0.6 is 0 Å². The van der Waals surface area contributed by atoms with E-state index in [1.807, 2.05) is 4.90 Å². The molecule has 0 aliphatic carbocycles. The van der Waals surface area contributed by atoms with Gasteiger partial charge in [-0.3, -0.25) is 9.36 Å². The number of hydrogen-bond donors (Lipinski definition) is 1. The highest BCUT2D eigenvalue weighted by atomic mass is 16.2. The summed E-state index contributed by atoms with van der Waals surface area (Å²) in [6, 6.07) is 0. The van der Waals surface area contributed by atoms with Crippen LogP contribution in [0.3, 0.4) is 0 Å². The molecule has 2 rings (SSSR count). The molecule has 0 amide bonds. The molecule has 1 fully saturated rings. The Balaban J connectivity index is 2.44. The lowest BCUT2D eigenvalue weighted by Crippen LogP contribution is -2.41. The maximum atomic E-state index is 12.0. The number of aryl methyl sites for hydroxylation is 1. The van der Waals surface area contributed by atoms with Crippen LogP contribution in [0.5, 0.6) is 0 Å². The van der Waals surface area contributed by atoms with Crippen molar-refractivity contribution < 1.29 is 0 Å². The van der Waals surface area contributed by atoms with Crippen LogP contribution in [0.4, 0.5) is 5.69 Å². The number of hydrogen-bond acceptors (Lipinski definition) is 4. The van der Waals surface area contributed by atoms with Gasteiger partial charge in [0.2, 0.25) is 0 Å². The highest BCUT2D eigenvalue weighted by Gasteiger charge is 2.15. The monoisotopic (exact) mass is 238 g/mol. The lowest BCUT2D eigenvalue weighted by Gasteiger charge is -2.22. The second-order valence-electron chi connectivity index (χ2n) is 4.36. The maximum Gasteiger partial charge on any atom is 0.330 e. The molecule has 1 N–H and O–H groups in total. The van der Waals surface area contributed by atoms with Crippen molar-refractivity contribution in [3.63, 3.8) is 0 Å².